The van der Waals surface area contributed by atoms with Gasteiger partial charge in [0, 0.05) is 11.6 Å². The summed E-state index contributed by atoms with van der Waals surface area (Å²) in [5, 5.41) is 10.8. The lowest BCUT2D eigenvalue weighted by Gasteiger charge is -2.14. The van der Waals surface area contributed by atoms with Gasteiger partial charge in [0.25, 0.3) is 16.8 Å². The number of hydrogen-bond acceptors (Lipinski definition) is 7. The Labute approximate surface area is 196 Å². The van der Waals surface area contributed by atoms with Gasteiger partial charge in [0.05, 0.1) is 33.2 Å². The summed E-state index contributed by atoms with van der Waals surface area (Å²) in [7, 11) is 0. The lowest BCUT2D eigenvalue weighted by Crippen LogP contribution is -2.27. The van der Waals surface area contributed by atoms with Crippen molar-refractivity contribution < 1.29 is 24.0 Å². The van der Waals surface area contributed by atoms with Crippen LogP contribution < -0.4 is 9.47 Å². The first kappa shape index (κ1) is 23.1. The maximum Gasteiger partial charge on any atom is 0.293 e. The molecular weight excluding hydrogens is 535 g/mol. The zero-order valence-corrected chi connectivity index (χ0v) is 19.8. The summed E-state index contributed by atoms with van der Waals surface area (Å²) in [5.74, 6) is 0.697. The molecule has 2 aromatic carbocycles. The largest absolute Gasteiger partial charge is 0.490 e. The number of para-hydroxylation sites is 1. The van der Waals surface area contributed by atoms with Crippen LogP contribution in [0.25, 0.3) is 6.08 Å². The van der Waals surface area contributed by atoms with Crippen molar-refractivity contribution in [3.05, 3.63) is 66.1 Å². The lowest BCUT2D eigenvalue weighted by molar-refractivity contribution is -0.385. The Morgan fingerprint density at radius 2 is 1.87 bits per heavy atom. The minimum Gasteiger partial charge on any atom is -0.490 e. The molecule has 1 aliphatic rings. The van der Waals surface area contributed by atoms with Crippen molar-refractivity contribution in [2.24, 2.45) is 0 Å². The quantitative estimate of drug-likeness (QED) is 0.191. The molecule has 10 heteroatoms. The van der Waals surface area contributed by atoms with Gasteiger partial charge in [-0.2, -0.15) is 0 Å². The predicted molar refractivity (Wildman–Crippen MR) is 126 cm³/mol. The van der Waals surface area contributed by atoms with Crippen molar-refractivity contribution in [2.45, 2.75) is 20.4 Å². The minimum absolute atomic E-state index is 0.132. The van der Waals surface area contributed by atoms with Gasteiger partial charge in [-0.1, -0.05) is 18.2 Å². The van der Waals surface area contributed by atoms with Crippen molar-refractivity contribution in [2.75, 3.05) is 13.2 Å². The SMILES string of the molecule is CCOc1cc(/C=C2\SC(=O)N(Cc3ccccc3[N+](=O)[O-])C2=O)cc(I)c1OCC. The van der Waals surface area contributed by atoms with Gasteiger partial charge in [0.1, 0.15) is 0 Å². The average molecular weight is 554 g/mol. The standard InChI is InChI=1S/C21H19IN2O6S/c1-3-29-17-10-13(9-15(22)19(17)30-4-2)11-18-20(25)23(21(26)31-18)12-14-7-5-6-8-16(14)24(27)28/h5-11H,3-4,12H2,1-2H3/b18-11-. The van der Waals surface area contributed by atoms with Crippen molar-refractivity contribution in [3.63, 3.8) is 0 Å². The molecule has 3 rings (SSSR count). The number of hydrogen-bond donors (Lipinski definition) is 0. The Morgan fingerprint density at radius 1 is 1.16 bits per heavy atom. The number of ether oxygens (including phenoxy) is 2. The molecule has 0 radical (unpaired) electrons. The van der Waals surface area contributed by atoms with Gasteiger partial charge >= 0.3 is 0 Å². The molecule has 1 saturated heterocycles. The molecular formula is C21H19IN2O6S. The average Bonchev–Trinajstić information content (AvgIpc) is 2.98. The first-order valence-electron chi connectivity index (χ1n) is 9.42. The number of imide groups is 1. The maximum absolute atomic E-state index is 12.9. The van der Waals surface area contributed by atoms with Crippen LogP contribution in [-0.2, 0) is 11.3 Å². The lowest BCUT2D eigenvalue weighted by atomic mass is 10.1. The monoisotopic (exact) mass is 554 g/mol. The van der Waals surface area contributed by atoms with Crippen LogP contribution >= 0.6 is 34.4 Å². The topological polar surface area (TPSA) is 99.0 Å². The van der Waals surface area contributed by atoms with Crippen molar-refractivity contribution >= 4 is 57.3 Å². The fraction of sp³-hybridized carbons (Fsp3) is 0.238. The molecule has 0 bridgehead atoms. The first-order valence-corrected chi connectivity index (χ1v) is 11.3. The van der Waals surface area contributed by atoms with Gasteiger partial charge in [-0.25, -0.2) is 0 Å². The van der Waals surface area contributed by atoms with Gasteiger partial charge in [-0.15, -0.1) is 0 Å². The Bertz CT molecular complexity index is 1070. The zero-order valence-electron chi connectivity index (χ0n) is 16.8. The number of nitrogens with zero attached hydrogens (tertiary/aromatic N) is 2. The normalized spacial score (nSPS) is 14.9. The number of amides is 2. The van der Waals surface area contributed by atoms with Crippen LogP contribution in [0.15, 0.2) is 41.3 Å². The molecule has 1 aliphatic heterocycles. The number of carbonyl (C=O) groups excluding carboxylic acids is 2. The summed E-state index contributed by atoms with van der Waals surface area (Å²) in [6.07, 6.45) is 1.62. The molecule has 2 amide bonds. The van der Waals surface area contributed by atoms with E-state index in [1.54, 1.807) is 24.3 Å². The third-order valence-corrected chi connectivity index (χ3v) is 6.02. The molecule has 162 valence electrons. The van der Waals surface area contributed by atoms with E-state index in [9.17, 15) is 19.7 Å². The summed E-state index contributed by atoms with van der Waals surface area (Å²) in [4.78, 5) is 37.3. The predicted octanol–water partition coefficient (Wildman–Crippen LogP) is 5.23. The third-order valence-electron chi connectivity index (χ3n) is 4.31. The van der Waals surface area contributed by atoms with Crippen LogP contribution in [0, 0.1) is 13.7 Å². The summed E-state index contributed by atoms with van der Waals surface area (Å²) < 4.78 is 12.1. The highest BCUT2D eigenvalue weighted by Gasteiger charge is 2.36. The minimum atomic E-state index is -0.526. The molecule has 0 aromatic heterocycles. The summed E-state index contributed by atoms with van der Waals surface area (Å²) in [5.41, 5.74) is 0.853. The molecule has 0 aliphatic carbocycles. The Kier molecular flexibility index (Phi) is 7.55. The highest BCUT2D eigenvalue weighted by molar-refractivity contribution is 14.1. The van der Waals surface area contributed by atoms with E-state index in [0.717, 1.165) is 20.2 Å². The smallest absolute Gasteiger partial charge is 0.293 e. The van der Waals surface area contributed by atoms with E-state index in [-0.39, 0.29) is 17.1 Å². The van der Waals surface area contributed by atoms with Crippen LogP contribution in [0.2, 0.25) is 0 Å². The molecule has 0 saturated carbocycles. The van der Waals surface area contributed by atoms with Crippen LogP contribution in [0.5, 0.6) is 11.5 Å². The fourth-order valence-corrected chi connectivity index (χ4v) is 4.62. The molecule has 1 heterocycles. The number of rotatable bonds is 8. The van der Waals surface area contributed by atoms with E-state index < -0.39 is 16.1 Å². The summed E-state index contributed by atoms with van der Waals surface area (Å²) in [6.45, 7) is 4.52. The highest BCUT2D eigenvalue weighted by atomic mass is 127. The molecule has 0 N–H and O–H groups in total. The number of halogens is 1. The third kappa shape index (κ3) is 5.18. The van der Waals surface area contributed by atoms with Gasteiger partial charge in [0.2, 0.25) is 0 Å². The van der Waals surface area contributed by atoms with Crippen molar-refractivity contribution in [1.82, 2.24) is 4.90 Å². The Hall–Kier alpha value is -2.60. The van der Waals surface area contributed by atoms with E-state index >= 15 is 0 Å². The second-order valence-corrected chi connectivity index (χ2v) is 8.51. The maximum atomic E-state index is 12.9. The van der Waals surface area contributed by atoms with Gasteiger partial charge in [-0.05, 0) is 72.0 Å². The Morgan fingerprint density at radius 3 is 2.55 bits per heavy atom. The van der Waals surface area contributed by atoms with Crippen molar-refractivity contribution in [3.8, 4) is 11.5 Å². The number of thioether (sulfide) groups is 1. The second kappa shape index (κ2) is 10.1. The Balaban J connectivity index is 1.89. The van der Waals surface area contributed by atoms with E-state index in [2.05, 4.69) is 22.6 Å². The van der Waals surface area contributed by atoms with Gasteiger partial charge in [-0.3, -0.25) is 24.6 Å². The molecule has 0 atom stereocenters. The molecule has 0 spiro atoms. The van der Waals surface area contributed by atoms with Crippen LogP contribution in [0.3, 0.4) is 0 Å². The number of nitro groups is 1. The van der Waals surface area contributed by atoms with Gasteiger partial charge < -0.3 is 9.47 Å². The van der Waals surface area contributed by atoms with E-state index in [1.165, 1.54) is 12.1 Å². The molecule has 2 aromatic rings. The number of carbonyl (C=O) groups is 2. The van der Waals surface area contributed by atoms with Crippen molar-refractivity contribution in [1.29, 1.82) is 0 Å². The zero-order chi connectivity index (χ0) is 22.5. The summed E-state index contributed by atoms with van der Waals surface area (Å²) >= 11 is 2.94. The number of benzene rings is 2. The van der Waals surface area contributed by atoms with Crippen LogP contribution in [0.4, 0.5) is 10.5 Å². The highest BCUT2D eigenvalue weighted by Crippen LogP contribution is 2.38. The molecule has 8 nitrogen and oxygen atoms in total. The second-order valence-electron chi connectivity index (χ2n) is 6.35. The van der Waals surface area contributed by atoms with Crippen LogP contribution in [0.1, 0.15) is 25.0 Å². The van der Waals surface area contributed by atoms with E-state index in [1.807, 2.05) is 19.9 Å². The van der Waals surface area contributed by atoms with Gasteiger partial charge in [0.15, 0.2) is 11.5 Å². The van der Waals surface area contributed by atoms with Crippen LogP contribution in [-0.4, -0.2) is 34.2 Å². The molecule has 0 unspecified atom stereocenters. The van der Waals surface area contributed by atoms with E-state index in [0.29, 0.717) is 35.8 Å². The fourth-order valence-electron chi connectivity index (χ4n) is 3.00. The molecule has 1 fully saturated rings. The first-order chi connectivity index (χ1) is 14.8. The van der Waals surface area contributed by atoms with E-state index in [4.69, 9.17) is 9.47 Å². The molecule has 31 heavy (non-hydrogen) atoms. The summed E-state index contributed by atoms with van der Waals surface area (Å²) in [6, 6.07) is 9.65. The number of nitro benzene ring substituents is 1.